The first-order valence-corrected chi connectivity index (χ1v) is 10.5. The number of ether oxygens (including phenoxy) is 1. The molecule has 0 bridgehead atoms. The van der Waals surface area contributed by atoms with E-state index in [-0.39, 0.29) is 0 Å². The Labute approximate surface area is 183 Å². The fraction of sp³-hybridized carbons (Fsp3) is 0.417. The van der Waals surface area contributed by atoms with Gasteiger partial charge in [-0.2, -0.15) is 0 Å². The van der Waals surface area contributed by atoms with E-state index in [1.165, 1.54) is 37.1 Å². The zero-order valence-electron chi connectivity index (χ0n) is 18.2. The highest BCUT2D eigenvalue weighted by Crippen LogP contribution is 2.21. The molecule has 0 aliphatic carbocycles. The van der Waals surface area contributed by atoms with E-state index in [1.54, 1.807) is 7.11 Å². The zero-order valence-corrected chi connectivity index (χ0v) is 18.2. The van der Waals surface area contributed by atoms with Crippen LogP contribution in [-0.2, 0) is 22.7 Å². The highest BCUT2D eigenvalue weighted by molar-refractivity contribution is 6.27. The average Bonchev–Trinajstić information content (AvgIpc) is 2.79. The Morgan fingerprint density at radius 2 is 1.61 bits per heavy atom. The van der Waals surface area contributed by atoms with Gasteiger partial charge in [0.15, 0.2) is 0 Å². The highest BCUT2D eigenvalue weighted by Gasteiger charge is 2.23. The van der Waals surface area contributed by atoms with Gasteiger partial charge < -0.3 is 14.9 Å². The summed E-state index contributed by atoms with van der Waals surface area (Å²) in [6.45, 7) is 7.84. The lowest BCUT2D eigenvalue weighted by Gasteiger charge is -2.38. The summed E-state index contributed by atoms with van der Waals surface area (Å²) < 4.78 is 5.34. The first-order valence-electron chi connectivity index (χ1n) is 10.5. The molecule has 0 unspecified atom stereocenters. The second-order valence-corrected chi connectivity index (χ2v) is 7.52. The van der Waals surface area contributed by atoms with Crippen LogP contribution in [0.4, 0.5) is 0 Å². The van der Waals surface area contributed by atoms with Crippen molar-refractivity contribution < 1.29 is 24.5 Å². The van der Waals surface area contributed by atoms with Crippen LogP contribution >= 0.6 is 0 Å². The Kier molecular flexibility index (Phi) is 10.00. The number of aliphatic carboxylic acids is 2. The number of benzene rings is 2. The zero-order chi connectivity index (χ0) is 22.6. The predicted octanol–water partition coefficient (Wildman–Crippen LogP) is 3.34. The number of rotatable bonds is 7. The van der Waals surface area contributed by atoms with Crippen LogP contribution in [-0.4, -0.2) is 64.7 Å². The molecule has 2 N–H and O–H groups in total. The molecule has 0 saturated carbocycles. The van der Waals surface area contributed by atoms with Crippen molar-refractivity contribution in [2.75, 3.05) is 26.7 Å². The van der Waals surface area contributed by atoms with Crippen molar-refractivity contribution in [1.82, 2.24) is 9.80 Å². The van der Waals surface area contributed by atoms with E-state index >= 15 is 0 Å². The molecule has 1 aliphatic rings. The second kappa shape index (κ2) is 12.7. The minimum Gasteiger partial charge on any atom is -0.497 e. The predicted molar refractivity (Wildman–Crippen MR) is 119 cm³/mol. The normalized spacial score (nSPS) is 14.5. The lowest BCUT2D eigenvalue weighted by Crippen LogP contribution is -2.44. The van der Waals surface area contributed by atoms with Crippen molar-refractivity contribution in [3.8, 4) is 5.75 Å². The van der Waals surface area contributed by atoms with Gasteiger partial charge in [-0.15, -0.1) is 0 Å². The Hall–Kier alpha value is -2.90. The van der Waals surface area contributed by atoms with Gasteiger partial charge in [-0.3, -0.25) is 9.80 Å². The first-order chi connectivity index (χ1) is 14.9. The molecule has 0 aromatic heterocycles. The molecule has 0 radical (unpaired) electrons. The van der Waals surface area contributed by atoms with Crippen LogP contribution in [0.5, 0.6) is 5.75 Å². The molecule has 0 atom stereocenters. The van der Waals surface area contributed by atoms with Gasteiger partial charge in [0.25, 0.3) is 0 Å². The largest absolute Gasteiger partial charge is 0.497 e. The third-order valence-electron chi connectivity index (χ3n) is 5.43. The van der Waals surface area contributed by atoms with E-state index < -0.39 is 11.9 Å². The summed E-state index contributed by atoms with van der Waals surface area (Å²) >= 11 is 0. The van der Waals surface area contributed by atoms with Gasteiger partial charge in [0.05, 0.1) is 7.11 Å². The molecule has 168 valence electrons. The second-order valence-electron chi connectivity index (χ2n) is 7.52. The number of carbonyl (C=O) groups is 2. The first kappa shape index (κ1) is 24.4. The van der Waals surface area contributed by atoms with Crippen molar-refractivity contribution in [2.45, 2.75) is 38.9 Å². The molecule has 1 saturated heterocycles. The van der Waals surface area contributed by atoms with Gasteiger partial charge in [-0.25, -0.2) is 9.59 Å². The average molecular weight is 429 g/mol. The molecule has 2 aromatic rings. The maximum Gasteiger partial charge on any atom is 0.414 e. The fourth-order valence-electron chi connectivity index (χ4n) is 3.79. The number of hydrogen-bond donors (Lipinski definition) is 2. The maximum atomic E-state index is 9.10. The van der Waals surface area contributed by atoms with E-state index in [0.29, 0.717) is 6.04 Å². The van der Waals surface area contributed by atoms with Gasteiger partial charge in [-0.05, 0) is 55.7 Å². The number of piperidine rings is 1. The molecule has 0 spiro atoms. The molecule has 7 heteroatoms. The summed E-state index contributed by atoms with van der Waals surface area (Å²) in [5, 5.41) is 14.8. The van der Waals surface area contributed by atoms with Crippen LogP contribution in [0.15, 0.2) is 54.6 Å². The number of methoxy groups -OCH3 is 1. The lowest BCUT2D eigenvalue weighted by atomic mass is 10.0. The van der Waals surface area contributed by atoms with Crippen molar-refractivity contribution in [3.05, 3.63) is 65.7 Å². The summed E-state index contributed by atoms with van der Waals surface area (Å²) in [6.07, 6.45) is 2.51. The van der Waals surface area contributed by atoms with Crippen molar-refractivity contribution in [3.63, 3.8) is 0 Å². The van der Waals surface area contributed by atoms with E-state index in [9.17, 15) is 0 Å². The smallest absolute Gasteiger partial charge is 0.414 e. The topological polar surface area (TPSA) is 90.3 Å². The number of nitrogens with zero attached hydrogens (tertiary/aromatic N) is 2. The monoisotopic (exact) mass is 428 g/mol. The summed E-state index contributed by atoms with van der Waals surface area (Å²) in [7, 11) is 1.73. The molecule has 31 heavy (non-hydrogen) atoms. The molecule has 3 rings (SSSR count). The number of carboxylic acids is 2. The molecule has 7 nitrogen and oxygen atoms in total. The third-order valence-corrected chi connectivity index (χ3v) is 5.43. The Morgan fingerprint density at radius 3 is 2.16 bits per heavy atom. The van der Waals surface area contributed by atoms with E-state index in [1.807, 2.05) is 6.07 Å². The molecule has 2 aromatic carbocycles. The summed E-state index contributed by atoms with van der Waals surface area (Å²) in [4.78, 5) is 23.4. The van der Waals surface area contributed by atoms with Crippen LogP contribution in [0.25, 0.3) is 0 Å². The molecule has 1 aliphatic heterocycles. The van der Waals surface area contributed by atoms with Crippen LogP contribution in [0.1, 0.15) is 30.9 Å². The minimum atomic E-state index is -1.82. The third kappa shape index (κ3) is 8.39. The van der Waals surface area contributed by atoms with Crippen LogP contribution in [0.3, 0.4) is 0 Å². The standard InChI is InChI=1S/C22H30N2O.C2H2O4/c1-3-24(18-19-8-5-4-6-9-19)21-12-14-23(15-13-21)17-20-10-7-11-22(16-20)25-2;3-1(4)2(5)6/h4-11,16,21H,3,12-15,17-18H2,1-2H3;(H,3,4)(H,5,6). The van der Waals surface area contributed by atoms with Gasteiger partial charge >= 0.3 is 11.9 Å². The Morgan fingerprint density at radius 1 is 1.00 bits per heavy atom. The van der Waals surface area contributed by atoms with Crippen LogP contribution < -0.4 is 4.74 Å². The Balaban J connectivity index is 0.000000501. The lowest BCUT2D eigenvalue weighted by molar-refractivity contribution is -0.159. The van der Waals surface area contributed by atoms with Crippen LogP contribution in [0.2, 0.25) is 0 Å². The van der Waals surface area contributed by atoms with Crippen molar-refractivity contribution in [1.29, 1.82) is 0 Å². The van der Waals surface area contributed by atoms with E-state index in [0.717, 1.165) is 25.4 Å². The van der Waals surface area contributed by atoms with Gasteiger partial charge in [0, 0.05) is 19.1 Å². The minimum absolute atomic E-state index is 0.701. The summed E-state index contributed by atoms with van der Waals surface area (Å²) in [6, 6.07) is 20.0. The number of likely N-dealkylation sites (tertiary alicyclic amines) is 1. The van der Waals surface area contributed by atoms with E-state index in [2.05, 4.69) is 65.3 Å². The summed E-state index contributed by atoms with van der Waals surface area (Å²) in [5.74, 6) is -2.70. The molecule has 0 amide bonds. The van der Waals surface area contributed by atoms with Crippen molar-refractivity contribution >= 4 is 11.9 Å². The number of carboxylic acid groups (broad SMARTS) is 2. The Bertz CT molecular complexity index is 808. The van der Waals surface area contributed by atoms with Crippen LogP contribution in [0, 0.1) is 0 Å². The summed E-state index contributed by atoms with van der Waals surface area (Å²) in [5.41, 5.74) is 2.76. The molecular weight excluding hydrogens is 396 g/mol. The van der Waals surface area contributed by atoms with Crippen molar-refractivity contribution in [2.24, 2.45) is 0 Å². The van der Waals surface area contributed by atoms with Gasteiger partial charge in [-0.1, -0.05) is 49.4 Å². The fourth-order valence-corrected chi connectivity index (χ4v) is 3.79. The quantitative estimate of drug-likeness (QED) is 0.654. The molecule has 1 heterocycles. The van der Waals surface area contributed by atoms with Gasteiger partial charge in [0.2, 0.25) is 0 Å². The SMILES string of the molecule is CCN(Cc1ccccc1)C1CCN(Cc2cccc(OC)c2)CC1.O=C(O)C(=O)O. The molecular formula is C24H32N2O5. The number of hydrogen-bond acceptors (Lipinski definition) is 5. The van der Waals surface area contributed by atoms with Gasteiger partial charge in [0.1, 0.15) is 5.75 Å². The highest BCUT2D eigenvalue weighted by atomic mass is 16.5. The maximum absolute atomic E-state index is 9.10. The van der Waals surface area contributed by atoms with E-state index in [4.69, 9.17) is 24.5 Å². The molecule has 1 fully saturated rings.